The van der Waals surface area contributed by atoms with Gasteiger partial charge in [-0.05, 0) is 44.7 Å². The summed E-state index contributed by atoms with van der Waals surface area (Å²) in [5, 5.41) is 19.3. The van der Waals surface area contributed by atoms with Gasteiger partial charge in [-0.1, -0.05) is 0 Å². The second kappa shape index (κ2) is 6.22. The van der Waals surface area contributed by atoms with Crippen molar-refractivity contribution in [3.63, 3.8) is 0 Å². The monoisotopic (exact) mass is 281 g/mol. The van der Waals surface area contributed by atoms with Crippen molar-refractivity contribution < 1.29 is 19.4 Å². The first-order chi connectivity index (χ1) is 9.49. The summed E-state index contributed by atoms with van der Waals surface area (Å²) in [4.78, 5) is 14.2. The quantitative estimate of drug-likeness (QED) is 0.893. The van der Waals surface area contributed by atoms with E-state index in [1.807, 2.05) is 0 Å². The van der Waals surface area contributed by atoms with Crippen molar-refractivity contribution in [1.29, 1.82) is 0 Å². The van der Waals surface area contributed by atoms with Gasteiger partial charge in [-0.2, -0.15) is 0 Å². The lowest BCUT2D eigenvalue weighted by Gasteiger charge is -2.36. The molecule has 1 aromatic carbocycles. The third-order valence-corrected chi connectivity index (χ3v) is 3.69. The van der Waals surface area contributed by atoms with Crippen LogP contribution in [-0.2, 0) is 0 Å². The van der Waals surface area contributed by atoms with E-state index in [0.717, 1.165) is 25.3 Å². The molecule has 0 saturated carbocycles. The van der Waals surface area contributed by atoms with E-state index in [9.17, 15) is 19.4 Å². The fraction of sp³-hybridized carbons (Fsp3) is 0.533. The molecule has 2 atom stereocenters. The predicted molar refractivity (Wildman–Crippen MR) is 73.0 cm³/mol. The summed E-state index contributed by atoms with van der Waals surface area (Å²) >= 11 is 0. The lowest BCUT2D eigenvalue weighted by molar-refractivity contribution is 0.0512. The molecule has 0 aromatic heterocycles. The van der Waals surface area contributed by atoms with Gasteiger partial charge in [-0.3, -0.25) is 4.79 Å². The molecule has 1 fully saturated rings. The molecule has 20 heavy (non-hydrogen) atoms. The maximum absolute atomic E-state index is 13.0. The summed E-state index contributed by atoms with van der Waals surface area (Å²) in [5.41, 5.74) is 0.115. The fourth-order valence-corrected chi connectivity index (χ4v) is 2.75. The van der Waals surface area contributed by atoms with Crippen LogP contribution >= 0.6 is 0 Å². The summed E-state index contributed by atoms with van der Waals surface area (Å²) in [6.07, 6.45) is 2.82. The third-order valence-electron chi connectivity index (χ3n) is 3.69. The van der Waals surface area contributed by atoms with Gasteiger partial charge in [0.1, 0.15) is 11.6 Å². The molecule has 1 heterocycles. The maximum atomic E-state index is 13.0. The van der Waals surface area contributed by atoms with Crippen molar-refractivity contribution in [2.24, 2.45) is 0 Å². The largest absolute Gasteiger partial charge is 0.507 e. The average molecular weight is 281 g/mol. The number of nitrogens with zero attached hydrogens (tertiary/aromatic N) is 1. The molecular formula is C15H20FNO3. The molecule has 110 valence electrons. The highest BCUT2D eigenvalue weighted by Gasteiger charge is 2.29. The summed E-state index contributed by atoms with van der Waals surface area (Å²) in [5.74, 6) is -1.21. The van der Waals surface area contributed by atoms with E-state index >= 15 is 0 Å². The van der Waals surface area contributed by atoms with E-state index in [1.54, 1.807) is 11.8 Å². The molecule has 2 rings (SSSR count). The number of likely N-dealkylation sites (tertiary alicyclic amines) is 1. The van der Waals surface area contributed by atoms with E-state index in [2.05, 4.69) is 0 Å². The van der Waals surface area contributed by atoms with Crippen LogP contribution in [0.4, 0.5) is 4.39 Å². The van der Waals surface area contributed by atoms with E-state index in [0.29, 0.717) is 13.0 Å². The van der Waals surface area contributed by atoms with Crippen LogP contribution in [0.1, 0.15) is 43.0 Å². The number of rotatable bonds is 3. The van der Waals surface area contributed by atoms with E-state index < -0.39 is 11.9 Å². The van der Waals surface area contributed by atoms with E-state index in [-0.39, 0.29) is 23.3 Å². The molecule has 2 unspecified atom stereocenters. The van der Waals surface area contributed by atoms with Crippen LogP contribution in [0.5, 0.6) is 5.75 Å². The Balaban J connectivity index is 2.20. The minimum Gasteiger partial charge on any atom is -0.507 e. The normalized spacial score (nSPS) is 20.8. The van der Waals surface area contributed by atoms with Gasteiger partial charge in [0, 0.05) is 18.7 Å². The van der Waals surface area contributed by atoms with E-state index in [4.69, 9.17) is 0 Å². The van der Waals surface area contributed by atoms with Crippen LogP contribution in [0.3, 0.4) is 0 Å². The Kier molecular flexibility index (Phi) is 4.60. The summed E-state index contributed by atoms with van der Waals surface area (Å²) in [6.45, 7) is 2.31. The minimum absolute atomic E-state index is 0.0271. The molecule has 4 nitrogen and oxygen atoms in total. The van der Waals surface area contributed by atoms with Gasteiger partial charge in [0.15, 0.2) is 0 Å². The minimum atomic E-state index is -0.571. The lowest BCUT2D eigenvalue weighted by atomic mass is 9.96. The number of aliphatic hydroxyl groups is 1. The molecular weight excluding hydrogens is 261 g/mol. The summed E-state index contributed by atoms with van der Waals surface area (Å²) in [7, 11) is 0. The number of aromatic hydroxyl groups is 1. The number of benzene rings is 1. The van der Waals surface area contributed by atoms with Crippen molar-refractivity contribution in [3.05, 3.63) is 29.6 Å². The van der Waals surface area contributed by atoms with Gasteiger partial charge in [-0.15, -0.1) is 0 Å². The topological polar surface area (TPSA) is 60.8 Å². The molecule has 0 bridgehead atoms. The standard InChI is InChI=1S/C15H20FNO3/c1-10(18)8-12-4-2-3-7-17(12)15(20)13-6-5-11(16)9-14(13)19/h5-6,9-10,12,18-19H,2-4,7-8H2,1H3. The number of piperidine rings is 1. The number of carbonyl (C=O) groups is 1. The molecule has 0 radical (unpaired) electrons. The zero-order chi connectivity index (χ0) is 14.7. The second-order valence-corrected chi connectivity index (χ2v) is 5.39. The number of carbonyl (C=O) groups excluding carboxylic acids is 1. The summed E-state index contributed by atoms with van der Waals surface area (Å²) < 4.78 is 13.0. The smallest absolute Gasteiger partial charge is 0.257 e. The zero-order valence-corrected chi connectivity index (χ0v) is 11.6. The molecule has 1 amide bonds. The van der Waals surface area contributed by atoms with Gasteiger partial charge >= 0.3 is 0 Å². The molecule has 5 heteroatoms. The number of aliphatic hydroxyl groups excluding tert-OH is 1. The van der Waals surface area contributed by atoms with Crippen LogP contribution in [0.15, 0.2) is 18.2 Å². The SMILES string of the molecule is CC(O)CC1CCCCN1C(=O)c1ccc(F)cc1O. The van der Waals surface area contributed by atoms with Crippen molar-refractivity contribution in [3.8, 4) is 5.75 Å². The van der Waals surface area contributed by atoms with E-state index in [1.165, 1.54) is 12.1 Å². The lowest BCUT2D eigenvalue weighted by Crippen LogP contribution is -2.45. The van der Waals surface area contributed by atoms with Crippen LogP contribution in [0, 0.1) is 5.82 Å². The molecule has 1 aromatic rings. The molecule has 0 spiro atoms. The molecule has 1 aliphatic heterocycles. The molecule has 0 aliphatic carbocycles. The first-order valence-corrected chi connectivity index (χ1v) is 6.96. The van der Waals surface area contributed by atoms with Crippen molar-refractivity contribution in [2.45, 2.75) is 44.8 Å². The molecule has 2 N–H and O–H groups in total. The fourth-order valence-electron chi connectivity index (χ4n) is 2.75. The predicted octanol–water partition coefficient (Wildman–Crippen LogP) is 2.30. The van der Waals surface area contributed by atoms with Gasteiger partial charge in [0.2, 0.25) is 0 Å². The maximum Gasteiger partial charge on any atom is 0.257 e. The highest BCUT2D eigenvalue weighted by Crippen LogP contribution is 2.26. The third kappa shape index (κ3) is 3.28. The zero-order valence-electron chi connectivity index (χ0n) is 11.6. The Labute approximate surface area is 117 Å². The van der Waals surface area contributed by atoms with Crippen LogP contribution in [-0.4, -0.2) is 39.7 Å². The highest BCUT2D eigenvalue weighted by atomic mass is 19.1. The first kappa shape index (κ1) is 14.8. The van der Waals surface area contributed by atoms with Crippen LogP contribution in [0.25, 0.3) is 0 Å². The van der Waals surface area contributed by atoms with Crippen molar-refractivity contribution >= 4 is 5.91 Å². The van der Waals surface area contributed by atoms with Gasteiger partial charge in [0.05, 0.1) is 11.7 Å². The number of halogens is 1. The Morgan fingerprint density at radius 3 is 2.90 bits per heavy atom. The second-order valence-electron chi connectivity index (χ2n) is 5.39. The Hall–Kier alpha value is -1.62. The van der Waals surface area contributed by atoms with Crippen LogP contribution in [0.2, 0.25) is 0 Å². The van der Waals surface area contributed by atoms with Gasteiger partial charge < -0.3 is 15.1 Å². The van der Waals surface area contributed by atoms with Crippen molar-refractivity contribution in [2.75, 3.05) is 6.54 Å². The number of phenols is 1. The molecule has 1 aliphatic rings. The van der Waals surface area contributed by atoms with Crippen molar-refractivity contribution in [1.82, 2.24) is 4.90 Å². The Morgan fingerprint density at radius 2 is 2.25 bits per heavy atom. The number of hydrogen-bond acceptors (Lipinski definition) is 3. The summed E-state index contributed by atoms with van der Waals surface area (Å²) in [6, 6.07) is 3.39. The van der Waals surface area contributed by atoms with Gasteiger partial charge in [0.25, 0.3) is 5.91 Å². The van der Waals surface area contributed by atoms with Crippen LogP contribution < -0.4 is 0 Å². The Morgan fingerprint density at radius 1 is 1.50 bits per heavy atom. The number of amides is 1. The number of phenolic OH excluding ortho intramolecular Hbond substituents is 1. The first-order valence-electron chi connectivity index (χ1n) is 6.96. The highest BCUT2D eigenvalue weighted by molar-refractivity contribution is 5.97. The van der Waals surface area contributed by atoms with Gasteiger partial charge in [-0.25, -0.2) is 4.39 Å². The molecule has 1 saturated heterocycles. The Bertz CT molecular complexity index is 490. The number of hydrogen-bond donors (Lipinski definition) is 2. The average Bonchev–Trinajstić information content (AvgIpc) is 2.38.